The lowest BCUT2D eigenvalue weighted by molar-refractivity contribution is 0.497. The molecule has 14 rings (SSSR count). The minimum absolute atomic E-state index is 0.377. The second-order valence-corrected chi connectivity index (χ2v) is 21.6. The minimum Gasteiger partial charge on any atom is -0.309 e. The first-order valence-electron chi connectivity index (χ1n) is 25.3. The van der Waals surface area contributed by atoms with E-state index in [9.17, 15) is 5.26 Å². The van der Waals surface area contributed by atoms with Crippen LogP contribution in [0.25, 0.3) is 121 Å². The maximum atomic E-state index is 12.1. The summed E-state index contributed by atoms with van der Waals surface area (Å²) in [5.74, 6) is 1.98. The van der Waals surface area contributed by atoms with Crippen LogP contribution in [-0.2, 0) is 10.8 Å². The molecule has 0 fully saturated rings. The molecule has 8 nitrogen and oxygen atoms in total. The molecule has 74 heavy (non-hydrogen) atoms. The molecule has 0 unspecified atom stereocenters. The molecule has 5 heterocycles. The van der Waals surface area contributed by atoms with E-state index in [0.717, 1.165) is 116 Å². The number of hydrogen-bond acceptors (Lipinski definition) is 4. The number of hydrogen-bond donors (Lipinski definition) is 0. The zero-order valence-electron chi connectivity index (χ0n) is 42.1. The van der Waals surface area contributed by atoms with E-state index < -0.39 is 0 Å². The SMILES string of the molecule is CC(C)(C)c1nc(-c2cc(-n3c4ccccc4c4cc5c(cc43)c3ccccc3n5-c3ccccc3)c(C#N)c(-n3c4ccccc4c4ccc5c(c6ccccc6n5-c5ccccc5)c43)c2)nc(C(C)(C)C)n1. The summed E-state index contributed by atoms with van der Waals surface area (Å²) in [5.41, 5.74) is 12.6. The molecule has 0 aliphatic rings. The summed E-state index contributed by atoms with van der Waals surface area (Å²) in [6.45, 7) is 12.9. The third-order valence-electron chi connectivity index (χ3n) is 14.9. The third kappa shape index (κ3) is 6.36. The smallest absolute Gasteiger partial charge is 0.163 e. The lowest BCUT2D eigenvalue weighted by Crippen LogP contribution is -2.24. The summed E-state index contributed by atoms with van der Waals surface area (Å²) in [5, 5.41) is 21.0. The van der Waals surface area contributed by atoms with Crippen LogP contribution < -0.4 is 0 Å². The highest BCUT2D eigenvalue weighted by molar-refractivity contribution is 6.26. The van der Waals surface area contributed by atoms with E-state index in [1.807, 2.05) is 0 Å². The number of nitrogens with zero attached hydrogens (tertiary/aromatic N) is 8. The van der Waals surface area contributed by atoms with Crippen LogP contribution in [0.2, 0.25) is 0 Å². The summed E-state index contributed by atoms with van der Waals surface area (Å²) in [4.78, 5) is 15.8. The number of fused-ring (bicyclic) bond motifs is 13. The fourth-order valence-corrected chi connectivity index (χ4v) is 11.5. The van der Waals surface area contributed by atoms with E-state index >= 15 is 0 Å². The molecule has 0 saturated heterocycles. The zero-order valence-corrected chi connectivity index (χ0v) is 42.1. The van der Waals surface area contributed by atoms with Crippen LogP contribution in [-0.4, -0.2) is 33.2 Å². The van der Waals surface area contributed by atoms with Crippen LogP contribution in [0.4, 0.5) is 0 Å². The number of para-hydroxylation sites is 6. The normalized spacial score (nSPS) is 12.4. The maximum absolute atomic E-state index is 12.1. The van der Waals surface area contributed by atoms with Crippen LogP contribution in [0.3, 0.4) is 0 Å². The number of rotatable bonds is 5. The van der Waals surface area contributed by atoms with Crippen molar-refractivity contribution < 1.29 is 0 Å². The van der Waals surface area contributed by atoms with Gasteiger partial charge in [0.05, 0.1) is 55.5 Å². The molecule has 5 aromatic heterocycles. The first-order chi connectivity index (χ1) is 36.0. The molecule has 0 aliphatic heterocycles. The molecule has 0 radical (unpaired) electrons. The Bertz CT molecular complexity index is 4650. The number of benzene rings is 9. The van der Waals surface area contributed by atoms with E-state index in [0.29, 0.717) is 23.0 Å². The van der Waals surface area contributed by atoms with Crippen molar-refractivity contribution in [2.24, 2.45) is 0 Å². The van der Waals surface area contributed by atoms with E-state index in [4.69, 9.17) is 15.0 Å². The van der Waals surface area contributed by atoms with Crippen molar-refractivity contribution in [2.45, 2.75) is 52.4 Å². The van der Waals surface area contributed by atoms with Crippen molar-refractivity contribution in [3.8, 4) is 40.2 Å². The molecule has 8 heteroatoms. The molecule has 0 atom stereocenters. The molecule has 0 aliphatic carbocycles. The second-order valence-electron chi connectivity index (χ2n) is 21.6. The number of aromatic nitrogens is 7. The minimum atomic E-state index is -0.377. The van der Waals surface area contributed by atoms with Crippen molar-refractivity contribution in [1.82, 2.24) is 33.2 Å². The molecular weight excluding hydrogens is 905 g/mol. The Labute approximate surface area is 427 Å². The predicted molar refractivity (Wildman–Crippen MR) is 305 cm³/mol. The van der Waals surface area contributed by atoms with Crippen molar-refractivity contribution in [3.05, 3.63) is 211 Å². The van der Waals surface area contributed by atoms with Crippen molar-refractivity contribution in [3.63, 3.8) is 0 Å². The lowest BCUT2D eigenvalue weighted by atomic mass is 9.93. The topological polar surface area (TPSA) is 82.2 Å². The Kier molecular flexibility index (Phi) is 9.30. The first kappa shape index (κ1) is 43.5. The monoisotopic (exact) mass is 954 g/mol. The van der Waals surface area contributed by atoms with Gasteiger partial charge in [-0.25, -0.2) is 15.0 Å². The fraction of sp³-hybridized carbons (Fsp3) is 0.121. The highest BCUT2D eigenvalue weighted by Gasteiger charge is 2.29. The van der Waals surface area contributed by atoms with Gasteiger partial charge >= 0.3 is 0 Å². The van der Waals surface area contributed by atoms with Gasteiger partial charge in [0.15, 0.2) is 5.82 Å². The standard InChI is InChI=1S/C66H50N8/c1-65(2,3)63-68-62(69-64(70-63)66(4,5)6)40-35-56(73-52-30-18-15-27-45(52)49-37-58-48(38-59(49)73)44-26-14-17-29-51(44)72(58)42-23-11-8-12-24-42)50(39-67)57(36-40)74-53-31-19-13-25-43(53)46-33-34-55-60(61(46)74)47-28-16-20-32-54(47)71(55)41-21-9-7-10-22-41/h7-38H,1-6H3. The van der Waals surface area contributed by atoms with Gasteiger partial charge in [-0.2, -0.15) is 5.26 Å². The summed E-state index contributed by atoms with van der Waals surface area (Å²) in [7, 11) is 0. The average molecular weight is 955 g/mol. The van der Waals surface area contributed by atoms with E-state index in [-0.39, 0.29) is 10.8 Å². The molecule has 354 valence electrons. The lowest BCUT2D eigenvalue weighted by Gasteiger charge is -2.23. The fourth-order valence-electron chi connectivity index (χ4n) is 11.5. The largest absolute Gasteiger partial charge is 0.309 e. The Balaban J connectivity index is 1.17. The molecule has 14 aromatic rings. The molecule has 0 bridgehead atoms. The predicted octanol–water partition coefficient (Wildman–Crippen LogP) is 16.4. The van der Waals surface area contributed by atoms with Gasteiger partial charge in [-0.15, -0.1) is 0 Å². The summed E-state index contributed by atoms with van der Waals surface area (Å²) in [6, 6.07) is 72.0. The average Bonchev–Trinajstić information content (AvgIpc) is 4.15. The van der Waals surface area contributed by atoms with Crippen LogP contribution in [0.1, 0.15) is 58.8 Å². The van der Waals surface area contributed by atoms with Gasteiger partial charge in [0.1, 0.15) is 23.3 Å². The Hall–Kier alpha value is -9.32. The van der Waals surface area contributed by atoms with Crippen LogP contribution >= 0.6 is 0 Å². The van der Waals surface area contributed by atoms with Crippen LogP contribution in [0.15, 0.2) is 194 Å². The second kappa shape index (κ2) is 15.8. The van der Waals surface area contributed by atoms with E-state index in [2.05, 4.69) is 260 Å². The van der Waals surface area contributed by atoms with E-state index in [1.54, 1.807) is 0 Å². The maximum Gasteiger partial charge on any atom is 0.163 e. The van der Waals surface area contributed by atoms with Crippen molar-refractivity contribution >= 4 is 87.2 Å². The zero-order chi connectivity index (χ0) is 50.2. The van der Waals surface area contributed by atoms with Gasteiger partial charge < -0.3 is 18.3 Å². The van der Waals surface area contributed by atoms with Gasteiger partial charge in [-0.05, 0) is 78.9 Å². The summed E-state index contributed by atoms with van der Waals surface area (Å²) in [6.07, 6.45) is 0. The molecule has 0 spiro atoms. The summed E-state index contributed by atoms with van der Waals surface area (Å²) >= 11 is 0. The molecule has 0 amide bonds. The molecule has 9 aromatic carbocycles. The van der Waals surface area contributed by atoms with Gasteiger partial charge in [0.25, 0.3) is 0 Å². The molecule has 0 saturated carbocycles. The Morgan fingerprint density at radius 2 is 0.784 bits per heavy atom. The van der Waals surface area contributed by atoms with Crippen molar-refractivity contribution in [1.29, 1.82) is 5.26 Å². The Morgan fingerprint density at radius 1 is 0.365 bits per heavy atom. The molecular formula is C66H50N8. The van der Waals surface area contributed by atoms with Crippen LogP contribution in [0.5, 0.6) is 0 Å². The quantitative estimate of drug-likeness (QED) is 0.172. The van der Waals surface area contributed by atoms with Gasteiger partial charge in [-0.3, -0.25) is 0 Å². The third-order valence-corrected chi connectivity index (χ3v) is 14.9. The van der Waals surface area contributed by atoms with E-state index in [1.165, 1.54) is 0 Å². The summed E-state index contributed by atoms with van der Waals surface area (Å²) < 4.78 is 9.38. The highest BCUT2D eigenvalue weighted by atomic mass is 15.1. The van der Waals surface area contributed by atoms with Gasteiger partial charge in [0.2, 0.25) is 0 Å². The number of nitriles is 1. The van der Waals surface area contributed by atoms with Crippen molar-refractivity contribution in [2.75, 3.05) is 0 Å². The first-order valence-corrected chi connectivity index (χ1v) is 25.3. The molecule has 0 N–H and O–H groups in total. The Morgan fingerprint density at radius 3 is 1.31 bits per heavy atom. The van der Waals surface area contributed by atoms with Gasteiger partial charge in [0, 0.05) is 70.9 Å². The van der Waals surface area contributed by atoms with Gasteiger partial charge in [-0.1, -0.05) is 157 Å². The van der Waals surface area contributed by atoms with Crippen LogP contribution in [0, 0.1) is 11.3 Å². The highest BCUT2D eigenvalue weighted by Crippen LogP contribution is 2.46.